The van der Waals surface area contributed by atoms with E-state index in [1.807, 2.05) is 0 Å². The van der Waals surface area contributed by atoms with Crippen molar-refractivity contribution in [1.82, 2.24) is 25.4 Å². The minimum absolute atomic E-state index is 0.231. The summed E-state index contributed by atoms with van der Waals surface area (Å²) in [6.07, 6.45) is -3.38. The molecule has 0 aliphatic carbocycles. The van der Waals surface area contributed by atoms with E-state index < -0.39 is 29.2 Å². The number of aromatic amines is 1. The molecule has 2 aromatic carbocycles. The van der Waals surface area contributed by atoms with Crippen LogP contribution in [0.1, 0.15) is 21.5 Å². The lowest BCUT2D eigenvalue weighted by Gasteiger charge is -2.26. The van der Waals surface area contributed by atoms with E-state index in [1.165, 1.54) is 6.20 Å². The molecule has 0 atom stereocenters. The third-order valence-corrected chi connectivity index (χ3v) is 6.64. The molecule has 1 saturated heterocycles. The maximum Gasteiger partial charge on any atom is 0.416 e. The molecule has 3 N–H and O–H groups in total. The minimum atomic E-state index is -4.68. The van der Waals surface area contributed by atoms with Crippen LogP contribution in [0, 0.1) is 5.82 Å². The predicted octanol–water partition coefficient (Wildman–Crippen LogP) is 4.03. The number of carbonyl (C=O) groups excluding carboxylic acids is 2. The first-order valence-corrected chi connectivity index (χ1v) is 12.9. The van der Waals surface area contributed by atoms with Crippen molar-refractivity contribution in [1.29, 1.82) is 0 Å². The Balaban J connectivity index is 1.31. The van der Waals surface area contributed by atoms with Crippen molar-refractivity contribution in [3.05, 3.63) is 77.2 Å². The number of amides is 2. The molecule has 2 amide bonds. The van der Waals surface area contributed by atoms with Crippen LogP contribution >= 0.6 is 0 Å². The zero-order chi connectivity index (χ0) is 29.0. The number of rotatable bonds is 8. The number of morpholine rings is 1. The van der Waals surface area contributed by atoms with Crippen LogP contribution in [0.25, 0.3) is 22.3 Å². The minimum Gasteiger partial charge on any atom is -0.379 e. The molecule has 0 bridgehead atoms. The number of halogens is 4. The summed E-state index contributed by atoms with van der Waals surface area (Å²) < 4.78 is 58.4. The summed E-state index contributed by atoms with van der Waals surface area (Å²) >= 11 is 0. The van der Waals surface area contributed by atoms with Crippen LogP contribution in [0.2, 0.25) is 0 Å². The summed E-state index contributed by atoms with van der Waals surface area (Å²) in [5.41, 5.74) is 0.711. The molecule has 3 heterocycles. The van der Waals surface area contributed by atoms with Crippen LogP contribution in [-0.4, -0.2) is 71.3 Å². The molecule has 41 heavy (non-hydrogen) atoms. The molecule has 214 valence electrons. The van der Waals surface area contributed by atoms with Crippen molar-refractivity contribution >= 4 is 28.5 Å². The Morgan fingerprint density at radius 1 is 1.07 bits per heavy atom. The topological polar surface area (TPSA) is 112 Å². The normalized spacial score (nSPS) is 14.2. The van der Waals surface area contributed by atoms with E-state index in [2.05, 4.69) is 30.7 Å². The van der Waals surface area contributed by atoms with Crippen molar-refractivity contribution < 1.29 is 31.9 Å². The van der Waals surface area contributed by atoms with E-state index in [0.29, 0.717) is 77.9 Å². The lowest BCUT2D eigenvalue weighted by atomic mass is 10.0. The van der Waals surface area contributed by atoms with Crippen LogP contribution < -0.4 is 10.6 Å². The fourth-order valence-corrected chi connectivity index (χ4v) is 4.53. The van der Waals surface area contributed by atoms with Gasteiger partial charge in [0.15, 0.2) is 5.65 Å². The van der Waals surface area contributed by atoms with Gasteiger partial charge in [-0.25, -0.2) is 9.37 Å². The highest BCUT2D eigenvalue weighted by molar-refractivity contribution is 6.06. The quantitative estimate of drug-likeness (QED) is 0.276. The summed E-state index contributed by atoms with van der Waals surface area (Å²) in [5.74, 6) is -1.96. The number of alkyl halides is 3. The first-order chi connectivity index (χ1) is 19.7. The summed E-state index contributed by atoms with van der Waals surface area (Å²) in [7, 11) is 0. The summed E-state index contributed by atoms with van der Waals surface area (Å²) in [5, 5.41) is 12.5. The molecule has 0 saturated carbocycles. The Morgan fingerprint density at radius 3 is 2.66 bits per heavy atom. The van der Waals surface area contributed by atoms with Gasteiger partial charge in [0.05, 0.1) is 53.7 Å². The fraction of sp³-hybridized carbons (Fsp3) is 0.286. The Bertz CT molecular complexity index is 1570. The van der Waals surface area contributed by atoms with Gasteiger partial charge >= 0.3 is 6.18 Å². The lowest BCUT2D eigenvalue weighted by molar-refractivity contribution is -0.137. The standard InChI is InChI=1S/C28H26F4N6O3/c29-22-5-4-19(28(30,31)32)14-24(22)35-25(39)13-17-2-1-3-18(12-17)23-15-20(21-16-34-37-26(21)36-23)27(40)33-6-7-38-8-10-41-11-9-38/h1-5,12,14-16H,6-11,13H2,(H,33,40)(H,35,39)(H,34,36,37). The summed E-state index contributed by atoms with van der Waals surface area (Å²) in [6, 6.07) is 10.2. The van der Waals surface area contributed by atoms with E-state index in [1.54, 1.807) is 30.3 Å². The van der Waals surface area contributed by atoms with Gasteiger partial charge in [0, 0.05) is 31.7 Å². The summed E-state index contributed by atoms with van der Waals surface area (Å²) in [6.45, 7) is 4.10. The molecule has 4 aromatic rings. The summed E-state index contributed by atoms with van der Waals surface area (Å²) in [4.78, 5) is 32.5. The number of anilines is 1. The van der Waals surface area contributed by atoms with E-state index in [9.17, 15) is 27.2 Å². The van der Waals surface area contributed by atoms with Crippen molar-refractivity contribution in [3.8, 4) is 11.3 Å². The molecule has 0 radical (unpaired) electrons. The SMILES string of the molecule is O=C(Cc1cccc(-c2cc(C(=O)NCCN3CCOCC3)c3cn[nH]c3n2)c1)Nc1cc(C(F)(F)F)ccc1F. The number of nitrogens with zero attached hydrogens (tertiary/aromatic N) is 3. The van der Waals surface area contributed by atoms with E-state index in [4.69, 9.17) is 4.74 Å². The van der Waals surface area contributed by atoms with E-state index >= 15 is 0 Å². The molecule has 0 spiro atoms. The predicted molar refractivity (Wildman–Crippen MR) is 143 cm³/mol. The van der Waals surface area contributed by atoms with E-state index in [0.717, 1.165) is 13.1 Å². The Kier molecular flexibility index (Phi) is 8.26. The number of nitrogens with one attached hydrogen (secondary N) is 3. The Hall–Kier alpha value is -4.36. The van der Waals surface area contributed by atoms with Crippen molar-refractivity contribution in [2.45, 2.75) is 12.6 Å². The second kappa shape index (κ2) is 12.0. The van der Waals surface area contributed by atoms with Crippen LogP contribution in [0.15, 0.2) is 54.7 Å². The number of ether oxygens (including phenoxy) is 1. The van der Waals surface area contributed by atoms with Gasteiger partial charge in [-0.2, -0.15) is 18.3 Å². The van der Waals surface area contributed by atoms with Crippen LogP contribution in [0.4, 0.5) is 23.2 Å². The molecule has 2 aromatic heterocycles. The number of H-pyrrole nitrogens is 1. The van der Waals surface area contributed by atoms with Crippen molar-refractivity contribution in [3.63, 3.8) is 0 Å². The monoisotopic (exact) mass is 570 g/mol. The second-order valence-corrected chi connectivity index (χ2v) is 9.51. The first kappa shape index (κ1) is 28.2. The molecule has 13 heteroatoms. The van der Waals surface area contributed by atoms with Gasteiger partial charge < -0.3 is 15.4 Å². The highest BCUT2D eigenvalue weighted by atomic mass is 19.4. The highest BCUT2D eigenvalue weighted by Gasteiger charge is 2.31. The zero-order valence-electron chi connectivity index (χ0n) is 21.7. The van der Waals surface area contributed by atoms with Crippen molar-refractivity contribution in [2.24, 2.45) is 0 Å². The molecular weight excluding hydrogens is 544 g/mol. The highest BCUT2D eigenvalue weighted by Crippen LogP contribution is 2.32. The Labute approximate surface area is 231 Å². The van der Waals surface area contributed by atoms with E-state index in [-0.39, 0.29) is 12.3 Å². The zero-order valence-corrected chi connectivity index (χ0v) is 21.7. The third-order valence-electron chi connectivity index (χ3n) is 6.64. The molecule has 1 aliphatic heterocycles. The third kappa shape index (κ3) is 6.87. The molecule has 1 aliphatic rings. The number of fused-ring (bicyclic) bond motifs is 1. The lowest BCUT2D eigenvalue weighted by Crippen LogP contribution is -2.41. The fourth-order valence-electron chi connectivity index (χ4n) is 4.53. The molecule has 0 unspecified atom stereocenters. The van der Waals surface area contributed by atoms with Crippen LogP contribution in [0.3, 0.4) is 0 Å². The smallest absolute Gasteiger partial charge is 0.379 e. The molecular formula is C28H26F4N6O3. The first-order valence-electron chi connectivity index (χ1n) is 12.9. The maximum atomic E-state index is 14.1. The second-order valence-electron chi connectivity index (χ2n) is 9.51. The number of hydrogen-bond acceptors (Lipinski definition) is 6. The van der Waals surface area contributed by atoms with Crippen molar-refractivity contribution in [2.75, 3.05) is 44.7 Å². The molecule has 9 nitrogen and oxygen atoms in total. The van der Waals surface area contributed by atoms with Gasteiger partial charge in [-0.05, 0) is 35.9 Å². The van der Waals surface area contributed by atoms with Gasteiger partial charge in [-0.15, -0.1) is 0 Å². The molecule has 1 fully saturated rings. The number of benzene rings is 2. The van der Waals surface area contributed by atoms with Gasteiger partial charge in [0.1, 0.15) is 5.82 Å². The Morgan fingerprint density at radius 2 is 1.88 bits per heavy atom. The largest absolute Gasteiger partial charge is 0.416 e. The van der Waals surface area contributed by atoms with Gasteiger partial charge in [0.25, 0.3) is 5.91 Å². The average Bonchev–Trinajstić information content (AvgIpc) is 3.43. The van der Waals surface area contributed by atoms with Gasteiger partial charge in [-0.3, -0.25) is 19.6 Å². The van der Waals surface area contributed by atoms with Crippen LogP contribution in [-0.2, 0) is 22.1 Å². The number of aromatic nitrogens is 3. The van der Waals surface area contributed by atoms with Gasteiger partial charge in [-0.1, -0.05) is 18.2 Å². The number of carbonyl (C=O) groups is 2. The maximum absolute atomic E-state index is 14.1. The number of hydrogen-bond donors (Lipinski definition) is 3. The molecule has 5 rings (SSSR count). The van der Waals surface area contributed by atoms with Gasteiger partial charge in [0.2, 0.25) is 5.91 Å². The number of pyridine rings is 1. The van der Waals surface area contributed by atoms with Crippen LogP contribution in [0.5, 0.6) is 0 Å². The average molecular weight is 571 g/mol.